The van der Waals surface area contributed by atoms with Gasteiger partial charge in [-0.15, -0.1) is 0 Å². The first-order valence-corrected chi connectivity index (χ1v) is 8.87. The van der Waals surface area contributed by atoms with Crippen molar-refractivity contribution in [2.45, 2.75) is 25.7 Å². The van der Waals surface area contributed by atoms with Gasteiger partial charge >= 0.3 is 0 Å². The fourth-order valence-corrected chi connectivity index (χ4v) is 2.57. The third-order valence-electron chi connectivity index (χ3n) is 4.02. The Morgan fingerprint density at radius 2 is 1.42 bits per heavy atom. The van der Waals surface area contributed by atoms with E-state index in [0.717, 1.165) is 24.2 Å². The summed E-state index contributed by atoms with van der Waals surface area (Å²) in [6, 6.07) is 17.8. The van der Waals surface area contributed by atoms with Gasteiger partial charge in [-0.25, -0.2) is 0 Å². The van der Waals surface area contributed by atoms with Gasteiger partial charge < -0.3 is 15.4 Å². The van der Waals surface area contributed by atoms with Gasteiger partial charge in [-0.2, -0.15) is 0 Å². The maximum Gasteiger partial charge on any atom is 0.229 e. The van der Waals surface area contributed by atoms with Crippen LogP contribution in [-0.4, -0.2) is 32.0 Å². The second kappa shape index (κ2) is 10.9. The van der Waals surface area contributed by atoms with Gasteiger partial charge in [-0.3, -0.25) is 9.59 Å². The zero-order valence-corrected chi connectivity index (χ0v) is 15.2. The normalized spacial score (nSPS) is 10.2. The third kappa shape index (κ3) is 7.38. The first-order valence-electron chi connectivity index (χ1n) is 8.87. The highest BCUT2D eigenvalue weighted by Crippen LogP contribution is 2.11. The average molecular weight is 354 g/mol. The minimum absolute atomic E-state index is 0.131. The van der Waals surface area contributed by atoms with Gasteiger partial charge in [0.15, 0.2) is 0 Å². The van der Waals surface area contributed by atoms with Crippen LogP contribution in [0.15, 0.2) is 54.6 Å². The van der Waals surface area contributed by atoms with Crippen molar-refractivity contribution in [1.29, 1.82) is 0 Å². The second-order valence-corrected chi connectivity index (χ2v) is 6.06. The summed E-state index contributed by atoms with van der Waals surface area (Å²) in [6.45, 7) is 1.08. The summed E-state index contributed by atoms with van der Waals surface area (Å²) in [6.07, 6.45) is 2.35. The summed E-state index contributed by atoms with van der Waals surface area (Å²) >= 11 is 0. The predicted molar refractivity (Wildman–Crippen MR) is 102 cm³/mol. The maximum absolute atomic E-state index is 11.8. The molecule has 0 aliphatic heterocycles. The number of nitrogens with one attached hydrogen (secondary N) is 2. The molecule has 0 bridgehead atoms. The molecule has 2 amide bonds. The van der Waals surface area contributed by atoms with Gasteiger partial charge in [0.1, 0.15) is 12.2 Å². The summed E-state index contributed by atoms with van der Waals surface area (Å²) in [5.74, 6) is 0.320. The Kier molecular flexibility index (Phi) is 8.19. The highest BCUT2D eigenvalue weighted by Gasteiger charge is 2.08. The van der Waals surface area contributed by atoms with E-state index in [-0.39, 0.29) is 18.2 Å². The van der Waals surface area contributed by atoms with Gasteiger partial charge in [0, 0.05) is 13.1 Å². The Morgan fingerprint density at radius 1 is 0.808 bits per heavy atom. The lowest BCUT2D eigenvalue weighted by Crippen LogP contribution is -2.33. The van der Waals surface area contributed by atoms with Crippen molar-refractivity contribution in [3.05, 3.63) is 65.7 Å². The summed E-state index contributed by atoms with van der Waals surface area (Å²) in [7, 11) is 1.63. The molecule has 0 radical (unpaired) electrons. The molecule has 5 heteroatoms. The summed E-state index contributed by atoms with van der Waals surface area (Å²) in [5, 5.41) is 5.57. The minimum Gasteiger partial charge on any atom is -0.497 e. The number of rotatable bonds is 10. The summed E-state index contributed by atoms with van der Waals surface area (Å²) < 4.78 is 5.11. The van der Waals surface area contributed by atoms with Crippen LogP contribution < -0.4 is 15.4 Å². The van der Waals surface area contributed by atoms with E-state index in [1.165, 1.54) is 5.56 Å². The van der Waals surface area contributed by atoms with E-state index in [2.05, 4.69) is 22.8 Å². The first kappa shape index (κ1) is 19.5. The van der Waals surface area contributed by atoms with Crippen LogP contribution in [0, 0.1) is 0 Å². The zero-order chi connectivity index (χ0) is 18.6. The zero-order valence-electron chi connectivity index (χ0n) is 15.2. The smallest absolute Gasteiger partial charge is 0.229 e. The van der Waals surface area contributed by atoms with Gasteiger partial charge in [-0.05, 0) is 42.5 Å². The molecule has 2 rings (SSSR count). The number of carbonyl (C=O) groups excluding carboxylic acids is 2. The molecule has 0 saturated carbocycles. The fourth-order valence-electron chi connectivity index (χ4n) is 2.57. The molecule has 0 heterocycles. The van der Waals surface area contributed by atoms with Crippen molar-refractivity contribution in [3.63, 3.8) is 0 Å². The molecule has 0 aliphatic rings. The van der Waals surface area contributed by atoms with Crippen LogP contribution in [0.3, 0.4) is 0 Å². The van der Waals surface area contributed by atoms with Gasteiger partial charge in [0.25, 0.3) is 0 Å². The molecule has 5 nitrogen and oxygen atoms in total. The molecule has 0 saturated heterocycles. The number of amides is 2. The highest BCUT2D eigenvalue weighted by atomic mass is 16.5. The predicted octanol–water partition coefficient (Wildman–Crippen LogP) is 2.49. The average Bonchev–Trinajstić information content (AvgIpc) is 2.66. The number of carbonyl (C=O) groups is 2. The van der Waals surface area contributed by atoms with Crippen molar-refractivity contribution in [2.75, 3.05) is 20.2 Å². The maximum atomic E-state index is 11.8. The van der Waals surface area contributed by atoms with E-state index in [1.807, 2.05) is 42.5 Å². The minimum atomic E-state index is -0.251. The standard InChI is InChI=1S/C21H26N2O3/c1-26-19-11-9-18(10-12-19)13-15-23-21(25)16-20(24)22-14-5-8-17-6-3-2-4-7-17/h2-4,6-7,9-12H,5,8,13-16H2,1H3,(H,22,24)(H,23,25). The molecule has 0 unspecified atom stereocenters. The number of hydrogen-bond donors (Lipinski definition) is 2. The van der Waals surface area contributed by atoms with E-state index >= 15 is 0 Å². The van der Waals surface area contributed by atoms with Crippen molar-refractivity contribution < 1.29 is 14.3 Å². The Bertz CT molecular complexity index is 684. The molecule has 0 fully saturated rings. The molecule has 2 N–H and O–H groups in total. The molecule has 138 valence electrons. The lowest BCUT2D eigenvalue weighted by atomic mass is 10.1. The topological polar surface area (TPSA) is 67.4 Å². The van der Waals surface area contributed by atoms with Gasteiger partial charge in [-0.1, -0.05) is 42.5 Å². The van der Waals surface area contributed by atoms with Crippen LogP contribution in [0.2, 0.25) is 0 Å². The van der Waals surface area contributed by atoms with Crippen molar-refractivity contribution in [3.8, 4) is 5.75 Å². The molecule has 0 aromatic heterocycles. The molecule has 2 aromatic carbocycles. The van der Waals surface area contributed by atoms with E-state index < -0.39 is 0 Å². The number of benzene rings is 2. The lowest BCUT2D eigenvalue weighted by Gasteiger charge is -2.07. The van der Waals surface area contributed by atoms with Gasteiger partial charge in [0.05, 0.1) is 7.11 Å². The molecule has 0 aliphatic carbocycles. The SMILES string of the molecule is COc1ccc(CCNC(=O)CC(=O)NCCCc2ccccc2)cc1. The van der Waals surface area contributed by atoms with Crippen LogP contribution in [-0.2, 0) is 22.4 Å². The molecule has 2 aromatic rings. The Morgan fingerprint density at radius 3 is 2.08 bits per heavy atom. The molecular formula is C21H26N2O3. The number of methoxy groups -OCH3 is 1. The molecule has 0 spiro atoms. The van der Waals surface area contributed by atoms with E-state index in [9.17, 15) is 9.59 Å². The monoisotopic (exact) mass is 354 g/mol. The highest BCUT2D eigenvalue weighted by molar-refractivity contribution is 5.96. The third-order valence-corrected chi connectivity index (χ3v) is 4.02. The first-order chi connectivity index (χ1) is 12.7. The van der Waals surface area contributed by atoms with Crippen LogP contribution in [0.5, 0.6) is 5.75 Å². The van der Waals surface area contributed by atoms with Crippen molar-refractivity contribution in [1.82, 2.24) is 10.6 Å². The largest absolute Gasteiger partial charge is 0.497 e. The number of hydrogen-bond acceptors (Lipinski definition) is 3. The quantitative estimate of drug-likeness (QED) is 0.509. The van der Waals surface area contributed by atoms with Crippen LogP contribution in [0.25, 0.3) is 0 Å². The Balaban J connectivity index is 1.55. The Labute approximate surface area is 154 Å². The second-order valence-electron chi connectivity index (χ2n) is 6.06. The van der Waals surface area contributed by atoms with Crippen molar-refractivity contribution >= 4 is 11.8 Å². The summed E-state index contributed by atoms with van der Waals surface area (Å²) in [5.41, 5.74) is 2.36. The molecule has 26 heavy (non-hydrogen) atoms. The van der Waals surface area contributed by atoms with E-state index in [4.69, 9.17) is 4.74 Å². The van der Waals surface area contributed by atoms with Gasteiger partial charge in [0.2, 0.25) is 11.8 Å². The van der Waals surface area contributed by atoms with Crippen LogP contribution >= 0.6 is 0 Å². The molecular weight excluding hydrogens is 328 g/mol. The summed E-state index contributed by atoms with van der Waals surface area (Å²) in [4.78, 5) is 23.6. The Hall–Kier alpha value is -2.82. The fraction of sp³-hybridized carbons (Fsp3) is 0.333. The molecule has 0 atom stereocenters. The number of aryl methyl sites for hydroxylation is 1. The van der Waals surface area contributed by atoms with E-state index in [0.29, 0.717) is 19.5 Å². The van der Waals surface area contributed by atoms with Crippen molar-refractivity contribution in [2.24, 2.45) is 0 Å². The van der Waals surface area contributed by atoms with Crippen LogP contribution in [0.1, 0.15) is 24.0 Å². The lowest BCUT2D eigenvalue weighted by molar-refractivity contribution is -0.129. The number of ether oxygens (including phenoxy) is 1. The van der Waals surface area contributed by atoms with E-state index in [1.54, 1.807) is 7.11 Å². The van der Waals surface area contributed by atoms with Crippen LogP contribution in [0.4, 0.5) is 0 Å².